The Morgan fingerprint density at radius 1 is 1.47 bits per heavy atom. The molecule has 2 aromatic rings. The fourth-order valence-corrected chi connectivity index (χ4v) is 2.95. The first-order valence-electron chi connectivity index (χ1n) is 5.54. The van der Waals surface area contributed by atoms with Gasteiger partial charge in [0.1, 0.15) is 5.75 Å². The molecule has 0 saturated heterocycles. The van der Waals surface area contributed by atoms with Crippen LogP contribution < -0.4 is 9.61 Å². The van der Waals surface area contributed by atoms with Crippen molar-refractivity contribution in [1.82, 2.24) is 4.57 Å². The average Bonchev–Trinajstić information content (AvgIpc) is 2.70. The summed E-state index contributed by atoms with van der Waals surface area (Å²) in [7, 11) is 1.57. The minimum atomic E-state index is -0.113. The topological polar surface area (TPSA) is 48.3 Å². The number of hydrogen-bond acceptors (Lipinski definition) is 4. The number of halogens is 1. The van der Waals surface area contributed by atoms with Crippen molar-refractivity contribution in [2.75, 3.05) is 7.11 Å². The summed E-state index contributed by atoms with van der Waals surface area (Å²) in [5.74, 6) is 0.562. The van der Waals surface area contributed by atoms with Crippen molar-refractivity contribution in [3.8, 4) is 5.75 Å². The van der Waals surface area contributed by atoms with Crippen LogP contribution in [-0.2, 0) is 6.54 Å². The SMILES string of the molecule is COc1ccc(C(=O)Cn2c(C)csc2=O)cc1Br. The minimum absolute atomic E-state index is 0.0624. The number of thiazole rings is 1. The van der Waals surface area contributed by atoms with Crippen molar-refractivity contribution < 1.29 is 9.53 Å². The Labute approximate surface area is 122 Å². The Kier molecular flexibility index (Phi) is 4.21. The molecule has 2 rings (SSSR count). The summed E-state index contributed by atoms with van der Waals surface area (Å²) in [4.78, 5) is 23.6. The number of rotatable bonds is 4. The number of nitrogens with zero attached hydrogens (tertiary/aromatic N) is 1. The standard InChI is InChI=1S/C13H12BrNO3S/c1-8-7-19-13(17)15(8)6-11(16)9-3-4-12(18-2)10(14)5-9/h3-5,7H,6H2,1-2H3. The number of hydrogen-bond donors (Lipinski definition) is 0. The second kappa shape index (κ2) is 5.71. The maximum absolute atomic E-state index is 12.2. The van der Waals surface area contributed by atoms with Gasteiger partial charge in [0.2, 0.25) is 0 Å². The van der Waals surface area contributed by atoms with Gasteiger partial charge in [-0.3, -0.25) is 14.2 Å². The molecule has 1 aromatic heterocycles. The molecule has 0 unspecified atom stereocenters. The predicted octanol–water partition coefficient (Wildman–Crippen LogP) is 2.87. The molecule has 4 nitrogen and oxygen atoms in total. The van der Waals surface area contributed by atoms with Gasteiger partial charge in [-0.25, -0.2) is 0 Å². The minimum Gasteiger partial charge on any atom is -0.496 e. The van der Waals surface area contributed by atoms with Gasteiger partial charge in [0, 0.05) is 16.6 Å². The molecule has 0 atom stereocenters. The van der Waals surface area contributed by atoms with E-state index in [9.17, 15) is 9.59 Å². The number of methoxy groups -OCH3 is 1. The molecule has 0 spiro atoms. The van der Waals surface area contributed by atoms with Crippen LogP contribution >= 0.6 is 27.3 Å². The van der Waals surface area contributed by atoms with E-state index in [0.717, 1.165) is 21.5 Å². The second-order valence-corrected chi connectivity index (χ2v) is 5.68. The summed E-state index contributed by atoms with van der Waals surface area (Å²) in [6.07, 6.45) is 0. The molecule has 0 aliphatic rings. The van der Waals surface area contributed by atoms with Crippen molar-refractivity contribution in [2.24, 2.45) is 0 Å². The Hall–Kier alpha value is -1.40. The average molecular weight is 342 g/mol. The monoisotopic (exact) mass is 341 g/mol. The van der Waals surface area contributed by atoms with Gasteiger partial charge in [-0.05, 0) is 41.1 Å². The quantitative estimate of drug-likeness (QED) is 0.803. The van der Waals surface area contributed by atoms with Gasteiger partial charge < -0.3 is 4.74 Å². The van der Waals surface area contributed by atoms with Crippen molar-refractivity contribution >= 4 is 33.0 Å². The van der Waals surface area contributed by atoms with E-state index in [1.54, 1.807) is 30.7 Å². The highest BCUT2D eigenvalue weighted by atomic mass is 79.9. The first-order valence-corrected chi connectivity index (χ1v) is 7.22. The zero-order valence-electron chi connectivity index (χ0n) is 10.5. The predicted molar refractivity (Wildman–Crippen MR) is 78.3 cm³/mol. The van der Waals surface area contributed by atoms with Crippen LogP contribution in [0.2, 0.25) is 0 Å². The molecular weight excluding hydrogens is 330 g/mol. The highest BCUT2D eigenvalue weighted by Crippen LogP contribution is 2.25. The Bertz CT molecular complexity index is 675. The highest BCUT2D eigenvalue weighted by molar-refractivity contribution is 9.10. The molecule has 0 saturated carbocycles. The van der Waals surface area contributed by atoms with Crippen LogP contribution in [-0.4, -0.2) is 17.5 Å². The third kappa shape index (κ3) is 2.96. The van der Waals surface area contributed by atoms with E-state index in [-0.39, 0.29) is 17.2 Å². The third-order valence-corrected chi connectivity index (χ3v) is 4.25. The maximum atomic E-state index is 12.2. The lowest BCUT2D eigenvalue weighted by Gasteiger charge is -2.07. The van der Waals surface area contributed by atoms with Gasteiger partial charge in [0.25, 0.3) is 0 Å². The lowest BCUT2D eigenvalue weighted by atomic mass is 10.1. The first kappa shape index (κ1) is 14.0. The number of Topliss-reactive ketones (excluding diaryl/α,β-unsaturated/α-hetero) is 1. The van der Waals surface area contributed by atoms with E-state index in [1.165, 1.54) is 4.57 Å². The smallest absolute Gasteiger partial charge is 0.307 e. The summed E-state index contributed by atoms with van der Waals surface area (Å²) in [6.45, 7) is 1.88. The Morgan fingerprint density at radius 2 is 2.21 bits per heavy atom. The molecule has 0 radical (unpaired) electrons. The molecule has 6 heteroatoms. The molecule has 0 aliphatic heterocycles. The lowest BCUT2D eigenvalue weighted by molar-refractivity contribution is 0.0970. The van der Waals surface area contributed by atoms with Gasteiger partial charge >= 0.3 is 4.87 Å². The van der Waals surface area contributed by atoms with Crippen molar-refractivity contribution in [1.29, 1.82) is 0 Å². The lowest BCUT2D eigenvalue weighted by Crippen LogP contribution is -2.20. The van der Waals surface area contributed by atoms with Gasteiger partial charge in [-0.2, -0.15) is 0 Å². The van der Waals surface area contributed by atoms with E-state index < -0.39 is 0 Å². The fraction of sp³-hybridized carbons (Fsp3) is 0.231. The van der Waals surface area contributed by atoms with Crippen LogP contribution in [0.25, 0.3) is 0 Å². The van der Waals surface area contributed by atoms with E-state index in [1.807, 2.05) is 6.92 Å². The van der Waals surface area contributed by atoms with Crippen LogP contribution in [0.3, 0.4) is 0 Å². The number of benzene rings is 1. The Balaban J connectivity index is 2.26. The normalized spacial score (nSPS) is 10.5. The van der Waals surface area contributed by atoms with Gasteiger partial charge in [0.05, 0.1) is 18.1 Å². The molecule has 0 bridgehead atoms. The molecular formula is C13H12BrNO3S. The second-order valence-electron chi connectivity index (χ2n) is 4.00. The Morgan fingerprint density at radius 3 is 2.74 bits per heavy atom. The summed E-state index contributed by atoms with van der Waals surface area (Å²) in [5.41, 5.74) is 1.35. The van der Waals surface area contributed by atoms with Crippen LogP contribution in [0.4, 0.5) is 0 Å². The van der Waals surface area contributed by atoms with Gasteiger partial charge in [-0.15, -0.1) is 0 Å². The van der Waals surface area contributed by atoms with Gasteiger partial charge in [-0.1, -0.05) is 11.3 Å². The molecule has 1 aromatic carbocycles. The zero-order chi connectivity index (χ0) is 14.0. The molecule has 0 amide bonds. The molecule has 100 valence electrons. The van der Waals surface area contributed by atoms with E-state index in [0.29, 0.717) is 11.3 Å². The molecule has 0 fully saturated rings. The summed E-state index contributed by atoms with van der Waals surface area (Å²) < 4.78 is 7.31. The third-order valence-electron chi connectivity index (χ3n) is 2.75. The number of ketones is 1. The summed E-state index contributed by atoms with van der Waals surface area (Å²) in [6, 6.07) is 5.12. The van der Waals surface area contributed by atoms with Crippen LogP contribution in [0.5, 0.6) is 5.75 Å². The van der Waals surface area contributed by atoms with E-state index in [2.05, 4.69) is 15.9 Å². The summed E-state index contributed by atoms with van der Waals surface area (Å²) in [5, 5.41) is 1.75. The van der Waals surface area contributed by atoms with Crippen LogP contribution in [0.1, 0.15) is 16.1 Å². The molecule has 0 N–H and O–H groups in total. The number of aryl methyl sites for hydroxylation is 1. The van der Waals surface area contributed by atoms with Crippen LogP contribution in [0.15, 0.2) is 32.8 Å². The number of carbonyl (C=O) groups is 1. The van der Waals surface area contributed by atoms with Crippen molar-refractivity contribution in [3.05, 3.63) is 49.0 Å². The van der Waals surface area contributed by atoms with Crippen molar-refractivity contribution in [2.45, 2.75) is 13.5 Å². The zero-order valence-corrected chi connectivity index (χ0v) is 12.9. The summed E-state index contributed by atoms with van der Waals surface area (Å²) >= 11 is 4.44. The van der Waals surface area contributed by atoms with Crippen LogP contribution in [0, 0.1) is 6.92 Å². The number of ether oxygens (including phenoxy) is 1. The largest absolute Gasteiger partial charge is 0.496 e. The molecule has 0 aliphatic carbocycles. The highest BCUT2D eigenvalue weighted by Gasteiger charge is 2.12. The number of carbonyl (C=O) groups excluding carboxylic acids is 1. The maximum Gasteiger partial charge on any atom is 0.307 e. The van der Waals surface area contributed by atoms with Gasteiger partial charge in [0.15, 0.2) is 5.78 Å². The molecule has 1 heterocycles. The molecule has 19 heavy (non-hydrogen) atoms. The number of aromatic nitrogens is 1. The van der Waals surface area contributed by atoms with Crippen molar-refractivity contribution in [3.63, 3.8) is 0 Å². The fourth-order valence-electron chi connectivity index (χ4n) is 1.67. The van der Waals surface area contributed by atoms with E-state index in [4.69, 9.17) is 4.74 Å². The first-order chi connectivity index (χ1) is 9.02. The van der Waals surface area contributed by atoms with E-state index >= 15 is 0 Å².